The van der Waals surface area contributed by atoms with Gasteiger partial charge >= 0.3 is 5.97 Å². The van der Waals surface area contributed by atoms with Crippen LogP contribution in [0.5, 0.6) is 0 Å². The Morgan fingerprint density at radius 2 is 1.80 bits per heavy atom. The van der Waals surface area contributed by atoms with E-state index in [-0.39, 0.29) is 11.2 Å². The first-order valence-electron chi connectivity index (χ1n) is 7.53. The van der Waals surface area contributed by atoms with Gasteiger partial charge in [-0.3, -0.25) is 0 Å². The molecule has 0 saturated heterocycles. The molecule has 0 bridgehead atoms. The molecule has 0 amide bonds. The van der Waals surface area contributed by atoms with Gasteiger partial charge in [0.05, 0.1) is 12.8 Å². The highest BCUT2D eigenvalue weighted by molar-refractivity contribution is 5.87. The summed E-state index contributed by atoms with van der Waals surface area (Å²) in [5, 5.41) is 0. The highest BCUT2D eigenvalue weighted by Gasteiger charge is 2.31. The number of ether oxygens (including phenoxy) is 1. The fraction of sp³-hybridized carbons (Fsp3) is 0.750. The third-order valence-corrected chi connectivity index (χ3v) is 3.93. The monoisotopic (exact) mass is 279 g/mol. The van der Waals surface area contributed by atoms with Crippen LogP contribution in [0.15, 0.2) is 4.42 Å². The van der Waals surface area contributed by atoms with E-state index >= 15 is 0 Å². The third kappa shape index (κ3) is 3.22. The van der Waals surface area contributed by atoms with Gasteiger partial charge in [-0.25, -0.2) is 9.78 Å². The Labute approximate surface area is 120 Å². The lowest BCUT2D eigenvalue weighted by Gasteiger charge is -2.15. The summed E-state index contributed by atoms with van der Waals surface area (Å²) in [5.74, 6) is 0.913. The van der Waals surface area contributed by atoms with E-state index < -0.39 is 5.97 Å². The second-order valence-electron chi connectivity index (χ2n) is 6.66. The molecule has 0 spiro atoms. The normalized spacial score (nSPS) is 17.8. The molecule has 1 fully saturated rings. The van der Waals surface area contributed by atoms with Crippen LogP contribution in [-0.2, 0) is 10.2 Å². The lowest BCUT2D eigenvalue weighted by atomic mass is 9.91. The zero-order valence-electron chi connectivity index (χ0n) is 13.0. The Kier molecular flexibility index (Phi) is 4.51. The van der Waals surface area contributed by atoms with E-state index in [0.29, 0.717) is 11.6 Å². The molecular formula is C16H25NO3. The van der Waals surface area contributed by atoms with Crippen LogP contribution in [0.3, 0.4) is 0 Å². The molecule has 1 aliphatic carbocycles. The lowest BCUT2D eigenvalue weighted by Crippen LogP contribution is -2.17. The minimum atomic E-state index is -0.428. The van der Waals surface area contributed by atoms with E-state index in [4.69, 9.17) is 9.15 Å². The van der Waals surface area contributed by atoms with Crippen molar-refractivity contribution in [3.8, 4) is 0 Å². The number of aromatic nitrogens is 1. The summed E-state index contributed by atoms with van der Waals surface area (Å²) in [5.41, 5.74) is 0.485. The fourth-order valence-electron chi connectivity index (χ4n) is 2.78. The van der Waals surface area contributed by atoms with Crippen LogP contribution in [0.2, 0.25) is 0 Å². The molecule has 1 aliphatic rings. The highest BCUT2D eigenvalue weighted by atomic mass is 16.5. The van der Waals surface area contributed by atoms with Crippen LogP contribution in [0.1, 0.15) is 87.4 Å². The summed E-state index contributed by atoms with van der Waals surface area (Å²) in [6.45, 7) is 6.11. The molecule has 2 rings (SSSR count). The SMILES string of the molecule is COC(=O)c1oc(C2CCCCCC2)nc1C(C)(C)C. The number of hydrogen-bond acceptors (Lipinski definition) is 4. The van der Waals surface area contributed by atoms with Gasteiger partial charge in [-0.1, -0.05) is 46.5 Å². The first-order chi connectivity index (χ1) is 9.43. The number of esters is 1. The van der Waals surface area contributed by atoms with Gasteiger partial charge in [-0.05, 0) is 12.8 Å². The van der Waals surface area contributed by atoms with Gasteiger partial charge in [-0.2, -0.15) is 0 Å². The van der Waals surface area contributed by atoms with Gasteiger partial charge in [0.1, 0.15) is 0 Å². The molecular weight excluding hydrogens is 254 g/mol. The van der Waals surface area contributed by atoms with Crippen molar-refractivity contribution < 1.29 is 13.9 Å². The van der Waals surface area contributed by atoms with E-state index in [1.165, 1.54) is 32.8 Å². The zero-order valence-corrected chi connectivity index (χ0v) is 13.0. The van der Waals surface area contributed by atoms with Crippen molar-refractivity contribution in [1.29, 1.82) is 0 Å². The number of carbonyl (C=O) groups excluding carboxylic acids is 1. The Morgan fingerprint density at radius 1 is 1.20 bits per heavy atom. The molecule has 0 N–H and O–H groups in total. The molecule has 1 heterocycles. The summed E-state index contributed by atoms with van der Waals surface area (Å²) >= 11 is 0. The van der Waals surface area contributed by atoms with Crippen LogP contribution in [0.4, 0.5) is 0 Å². The summed E-state index contributed by atoms with van der Waals surface area (Å²) in [7, 11) is 1.38. The molecule has 0 unspecified atom stereocenters. The molecule has 0 aromatic carbocycles. The van der Waals surface area contributed by atoms with Crippen molar-refractivity contribution in [2.45, 2.75) is 70.6 Å². The summed E-state index contributed by atoms with van der Waals surface area (Å²) in [6, 6.07) is 0. The predicted molar refractivity (Wildman–Crippen MR) is 77.0 cm³/mol. The van der Waals surface area contributed by atoms with Crippen LogP contribution in [-0.4, -0.2) is 18.1 Å². The van der Waals surface area contributed by atoms with Crippen molar-refractivity contribution >= 4 is 5.97 Å². The summed E-state index contributed by atoms with van der Waals surface area (Å²) in [6.07, 6.45) is 7.20. The molecule has 0 atom stereocenters. The highest BCUT2D eigenvalue weighted by Crippen LogP contribution is 2.35. The van der Waals surface area contributed by atoms with Gasteiger partial charge in [0.25, 0.3) is 0 Å². The quantitative estimate of drug-likeness (QED) is 0.601. The van der Waals surface area contributed by atoms with E-state index in [1.54, 1.807) is 0 Å². The van der Waals surface area contributed by atoms with Gasteiger partial charge in [0.15, 0.2) is 5.89 Å². The van der Waals surface area contributed by atoms with Gasteiger partial charge in [0, 0.05) is 11.3 Å². The molecule has 4 heteroatoms. The Balaban J connectivity index is 2.35. The number of carbonyl (C=O) groups is 1. The second-order valence-corrected chi connectivity index (χ2v) is 6.66. The molecule has 1 aromatic heterocycles. The Hall–Kier alpha value is -1.32. The first-order valence-corrected chi connectivity index (χ1v) is 7.53. The smallest absolute Gasteiger partial charge is 0.376 e. The van der Waals surface area contributed by atoms with Gasteiger partial charge in [0.2, 0.25) is 5.76 Å². The Morgan fingerprint density at radius 3 is 2.30 bits per heavy atom. The number of rotatable bonds is 2. The molecule has 4 nitrogen and oxygen atoms in total. The number of methoxy groups -OCH3 is 1. The molecule has 1 aromatic rings. The lowest BCUT2D eigenvalue weighted by molar-refractivity contribution is 0.0558. The molecule has 20 heavy (non-hydrogen) atoms. The zero-order chi connectivity index (χ0) is 14.8. The largest absolute Gasteiger partial charge is 0.463 e. The predicted octanol–water partition coefficient (Wildman–Crippen LogP) is 4.20. The number of hydrogen-bond donors (Lipinski definition) is 0. The summed E-state index contributed by atoms with van der Waals surface area (Å²) in [4.78, 5) is 16.5. The van der Waals surface area contributed by atoms with Gasteiger partial charge in [-0.15, -0.1) is 0 Å². The van der Waals surface area contributed by atoms with Crippen LogP contribution in [0.25, 0.3) is 0 Å². The van der Waals surface area contributed by atoms with Crippen molar-refractivity contribution in [3.05, 3.63) is 17.3 Å². The molecule has 112 valence electrons. The van der Waals surface area contributed by atoms with E-state index in [9.17, 15) is 4.79 Å². The third-order valence-electron chi connectivity index (χ3n) is 3.93. The van der Waals surface area contributed by atoms with Crippen molar-refractivity contribution in [1.82, 2.24) is 4.98 Å². The first kappa shape index (κ1) is 15.1. The molecule has 1 saturated carbocycles. The fourth-order valence-corrected chi connectivity index (χ4v) is 2.78. The standard InChI is InChI=1S/C16H25NO3/c1-16(2,3)13-12(15(18)19-4)20-14(17-13)11-9-7-5-6-8-10-11/h11H,5-10H2,1-4H3. The summed E-state index contributed by atoms with van der Waals surface area (Å²) < 4.78 is 10.6. The number of oxazole rings is 1. The van der Waals surface area contributed by atoms with E-state index in [2.05, 4.69) is 4.98 Å². The van der Waals surface area contributed by atoms with Crippen LogP contribution < -0.4 is 0 Å². The van der Waals surface area contributed by atoms with Crippen molar-refractivity contribution in [3.63, 3.8) is 0 Å². The molecule has 0 radical (unpaired) electrons. The van der Waals surface area contributed by atoms with Crippen molar-refractivity contribution in [2.75, 3.05) is 7.11 Å². The maximum absolute atomic E-state index is 11.9. The van der Waals surface area contributed by atoms with E-state index in [1.807, 2.05) is 20.8 Å². The maximum Gasteiger partial charge on any atom is 0.376 e. The number of nitrogens with zero attached hydrogens (tertiary/aromatic N) is 1. The Bertz CT molecular complexity index is 463. The minimum absolute atomic E-state index is 0.226. The average molecular weight is 279 g/mol. The van der Waals surface area contributed by atoms with Gasteiger partial charge < -0.3 is 9.15 Å². The average Bonchev–Trinajstić information content (AvgIpc) is 2.67. The van der Waals surface area contributed by atoms with Crippen molar-refractivity contribution in [2.24, 2.45) is 0 Å². The van der Waals surface area contributed by atoms with Crippen LogP contribution in [0, 0.1) is 0 Å². The second kappa shape index (κ2) is 5.98. The molecule has 0 aliphatic heterocycles. The van der Waals surface area contributed by atoms with Crippen LogP contribution >= 0.6 is 0 Å². The minimum Gasteiger partial charge on any atom is -0.463 e. The topological polar surface area (TPSA) is 52.3 Å². The van der Waals surface area contributed by atoms with E-state index in [0.717, 1.165) is 18.7 Å². The maximum atomic E-state index is 11.9.